The Balaban J connectivity index is 1.88. The topological polar surface area (TPSA) is 31.1 Å². The number of nitrogens with zero attached hydrogens (tertiary/aromatic N) is 1. The predicted molar refractivity (Wildman–Crippen MR) is 91.4 cm³/mol. The summed E-state index contributed by atoms with van der Waals surface area (Å²) in [4.78, 5) is 5.32. The molecule has 0 radical (unpaired) electrons. The van der Waals surface area contributed by atoms with E-state index in [4.69, 9.17) is 11.6 Å². The number of H-pyrrole nitrogens is 1. The lowest BCUT2D eigenvalue weighted by Crippen LogP contribution is -2.12. The third-order valence-corrected chi connectivity index (χ3v) is 3.83. The fourth-order valence-corrected chi connectivity index (χ4v) is 2.71. The van der Waals surface area contributed by atoms with Crippen molar-refractivity contribution in [2.75, 3.05) is 24.3 Å². The molecule has 0 bridgehead atoms. The molecule has 3 nitrogen and oxygen atoms in total. The van der Waals surface area contributed by atoms with Gasteiger partial charge in [0.05, 0.1) is 11.4 Å². The van der Waals surface area contributed by atoms with Crippen molar-refractivity contribution in [1.82, 2.24) is 4.98 Å². The van der Waals surface area contributed by atoms with Crippen molar-refractivity contribution < 1.29 is 0 Å². The van der Waals surface area contributed by atoms with Gasteiger partial charge in [0, 0.05) is 42.8 Å². The van der Waals surface area contributed by atoms with Gasteiger partial charge in [0.25, 0.3) is 0 Å². The molecule has 21 heavy (non-hydrogen) atoms. The number of fused-ring (bicyclic) bond motifs is 1. The van der Waals surface area contributed by atoms with E-state index in [1.165, 1.54) is 10.9 Å². The number of anilines is 2. The molecule has 0 saturated heterocycles. The number of benzene rings is 2. The van der Waals surface area contributed by atoms with Gasteiger partial charge in [0.2, 0.25) is 0 Å². The molecule has 3 rings (SSSR count). The van der Waals surface area contributed by atoms with E-state index in [9.17, 15) is 0 Å². The van der Waals surface area contributed by atoms with Crippen molar-refractivity contribution in [1.29, 1.82) is 0 Å². The number of rotatable bonds is 4. The highest BCUT2D eigenvalue weighted by Gasteiger charge is 2.07. The van der Waals surface area contributed by atoms with E-state index < -0.39 is 0 Å². The van der Waals surface area contributed by atoms with E-state index in [0.29, 0.717) is 0 Å². The lowest BCUT2D eigenvalue weighted by molar-refractivity contribution is 1.11. The summed E-state index contributed by atoms with van der Waals surface area (Å²) in [5.41, 5.74) is 4.59. The largest absolute Gasteiger partial charge is 0.379 e. The van der Waals surface area contributed by atoms with E-state index in [1.54, 1.807) is 0 Å². The third-order valence-electron chi connectivity index (χ3n) is 3.59. The molecule has 4 heteroatoms. The van der Waals surface area contributed by atoms with Crippen LogP contribution in [0.4, 0.5) is 11.4 Å². The maximum absolute atomic E-state index is 6.12. The maximum atomic E-state index is 6.12. The number of hydrogen-bond acceptors (Lipinski definition) is 2. The van der Waals surface area contributed by atoms with Crippen LogP contribution in [-0.4, -0.2) is 19.1 Å². The van der Waals surface area contributed by atoms with Gasteiger partial charge in [-0.15, -0.1) is 0 Å². The molecule has 0 aliphatic carbocycles. The fourth-order valence-electron chi connectivity index (χ4n) is 2.53. The summed E-state index contributed by atoms with van der Waals surface area (Å²) in [6.45, 7) is 0.760. The summed E-state index contributed by atoms with van der Waals surface area (Å²) in [5, 5.41) is 5.48. The molecular formula is C17H18ClN3. The molecule has 0 aliphatic heterocycles. The van der Waals surface area contributed by atoms with Crippen LogP contribution in [0.5, 0.6) is 0 Å². The minimum absolute atomic E-state index is 0.739. The van der Waals surface area contributed by atoms with Crippen LogP contribution >= 0.6 is 11.6 Å². The van der Waals surface area contributed by atoms with Gasteiger partial charge in [-0.2, -0.15) is 0 Å². The molecule has 108 valence electrons. The van der Waals surface area contributed by atoms with Crippen LogP contribution in [-0.2, 0) is 6.54 Å². The average Bonchev–Trinajstić information content (AvgIpc) is 2.93. The Morgan fingerprint density at radius 3 is 2.81 bits per heavy atom. The van der Waals surface area contributed by atoms with Crippen molar-refractivity contribution in [3.05, 3.63) is 59.2 Å². The van der Waals surface area contributed by atoms with Gasteiger partial charge in [0.1, 0.15) is 0 Å². The summed E-state index contributed by atoms with van der Waals surface area (Å²) in [5.74, 6) is 0. The first kappa shape index (κ1) is 13.8. The molecule has 1 heterocycles. The third kappa shape index (κ3) is 2.83. The van der Waals surface area contributed by atoms with Crippen LogP contribution in [0.25, 0.3) is 10.9 Å². The van der Waals surface area contributed by atoms with Gasteiger partial charge in [-0.3, -0.25) is 0 Å². The lowest BCUT2D eigenvalue weighted by Gasteiger charge is -2.19. The second kappa shape index (κ2) is 5.70. The Labute approximate surface area is 129 Å². The minimum atomic E-state index is 0.739. The van der Waals surface area contributed by atoms with Gasteiger partial charge in [0.15, 0.2) is 0 Å². The van der Waals surface area contributed by atoms with E-state index in [1.807, 2.05) is 38.5 Å². The summed E-state index contributed by atoms with van der Waals surface area (Å²) in [7, 11) is 4.06. The zero-order chi connectivity index (χ0) is 14.8. The molecule has 0 unspecified atom stereocenters. The Kier molecular flexibility index (Phi) is 3.76. The average molecular weight is 300 g/mol. The Morgan fingerprint density at radius 2 is 2.00 bits per heavy atom. The van der Waals surface area contributed by atoms with Gasteiger partial charge in [-0.25, -0.2) is 0 Å². The summed E-state index contributed by atoms with van der Waals surface area (Å²) in [6.07, 6.45) is 1.97. The van der Waals surface area contributed by atoms with Crippen molar-refractivity contribution >= 4 is 33.9 Å². The maximum Gasteiger partial charge on any atom is 0.0597 e. The van der Waals surface area contributed by atoms with Gasteiger partial charge in [-0.1, -0.05) is 23.7 Å². The quantitative estimate of drug-likeness (QED) is 0.743. The van der Waals surface area contributed by atoms with Crippen molar-refractivity contribution in [2.24, 2.45) is 0 Å². The molecule has 2 N–H and O–H groups in total. The molecule has 0 fully saturated rings. The zero-order valence-electron chi connectivity index (χ0n) is 12.2. The van der Waals surface area contributed by atoms with Crippen LogP contribution in [0.3, 0.4) is 0 Å². The Hall–Kier alpha value is -2.13. The van der Waals surface area contributed by atoms with E-state index >= 15 is 0 Å². The summed E-state index contributed by atoms with van der Waals surface area (Å²) >= 11 is 6.12. The van der Waals surface area contributed by atoms with Gasteiger partial charge in [-0.05, 0) is 35.9 Å². The fraction of sp³-hybridized carbons (Fsp3) is 0.176. The smallest absolute Gasteiger partial charge is 0.0597 e. The number of aromatic amines is 1. The summed E-state index contributed by atoms with van der Waals surface area (Å²) < 4.78 is 0. The second-order valence-corrected chi connectivity index (χ2v) is 5.70. The molecule has 0 atom stereocenters. The zero-order valence-corrected chi connectivity index (χ0v) is 12.9. The molecular weight excluding hydrogens is 282 g/mol. The van der Waals surface area contributed by atoms with Gasteiger partial charge < -0.3 is 15.2 Å². The monoisotopic (exact) mass is 299 g/mol. The molecule has 0 saturated carbocycles. The number of aromatic nitrogens is 1. The van der Waals surface area contributed by atoms with Crippen LogP contribution in [0.15, 0.2) is 48.7 Å². The highest BCUT2D eigenvalue weighted by molar-refractivity contribution is 6.31. The van der Waals surface area contributed by atoms with Gasteiger partial charge >= 0.3 is 0 Å². The second-order valence-electron chi connectivity index (χ2n) is 5.27. The molecule has 0 amide bonds. The summed E-state index contributed by atoms with van der Waals surface area (Å²) in [6, 6.07) is 14.3. The van der Waals surface area contributed by atoms with Crippen molar-refractivity contribution in [3.8, 4) is 0 Å². The predicted octanol–water partition coefficient (Wildman–Crippen LogP) is 4.50. The highest BCUT2D eigenvalue weighted by Crippen LogP contribution is 2.29. The van der Waals surface area contributed by atoms with Crippen LogP contribution in [0.2, 0.25) is 5.02 Å². The van der Waals surface area contributed by atoms with E-state index in [0.717, 1.165) is 28.5 Å². The van der Waals surface area contributed by atoms with Crippen LogP contribution < -0.4 is 10.2 Å². The first-order valence-corrected chi connectivity index (χ1v) is 7.28. The first-order valence-electron chi connectivity index (χ1n) is 6.91. The molecule has 0 spiro atoms. The molecule has 3 aromatic rings. The standard InChI is InChI=1S/C17H18ClN3/c1-21(2)17-7-6-13(18)10-16(17)20-11-12-4-3-5-15-14(12)8-9-19-15/h3-10,19-20H,11H2,1-2H3. The Bertz CT molecular complexity index is 762. The number of hydrogen-bond donors (Lipinski definition) is 2. The number of nitrogens with one attached hydrogen (secondary N) is 2. The highest BCUT2D eigenvalue weighted by atomic mass is 35.5. The SMILES string of the molecule is CN(C)c1ccc(Cl)cc1NCc1cccc2[nH]ccc12. The van der Waals surface area contributed by atoms with Crippen LogP contribution in [0.1, 0.15) is 5.56 Å². The molecule has 2 aromatic carbocycles. The van der Waals surface area contributed by atoms with Crippen molar-refractivity contribution in [2.45, 2.75) is 6.54 Å². The molecule has 1 aromatic heterocycles. The van der Waals surface area contributed by atoms with E-state index in [-0.39, 0.29) is 0 Å². The molecule has 0 aliphatic rings. The number of halogens is 1. The minimum Gasteiger partial charge on any atom is -0.379 e. The van der Waals surface area contributed by atoms with Crippen molar-refractivity contribution in [3.63, 3.8) is 0 Å². The lowest BCUT2D eigenvalue weighted by atomic mass is 10.1. The Morgan fingerprint density at radius 1 is 1.14 bits per heavy atom. The van der Waals surface area contributed by atoms with Crippen LogP contribution in [0, 0.1) is 0 Å². The normalized spacial score (nSPS) is 10.8. The van der Waals surface area contributed by atoms with E-state index in [2.05, 4.69) is 39.5 Å². The first-order chi connectivity index (χ1) is 10.1.